The lowest BCUT2D eigenvalue weighted by Gasteiger charge is -2.07. The summed E-state index contributed by atoms with van der Waals surface area (Å²) < 4.78 is 0. The first-order valence-corrected chi connectivity index (χ1v) is 32.9. The van der Waals surface area contributed by atoms with Crippen LogP contribution in [0.2, 0.25) is 0 Å². The van der Waals surface area contributed by atoms with E-state index in [0.29, 0.717) is 0 Å². The molecule has 0 spiro atoms. The van der Waals surface area contributed by atoms with Crippen LogP contribution >= 0.6 is 0 Å². The number of hydrogen-bond acceptors (Lipinski definition) is 4. The van der Waals surface area contributed by atoms with Gasteiger partial charge in [-0.25, -0.2) is 19.9 Å². The highest BCUT2D eigenvalue weighted by molar-refractivity contribution is 6.03. The molecule has 458 valence electrons. The van der Waals surface area contributed by atoms with Gasteiger partial charge in [-0.2, -0.15) is 0 Å². The molecule has 4 aliphatic heterocycles. The normalized spacial score (nSPS) is 12.0. The lowest BCUT2D eigenvalue weighted by Crippen LogP contribution is -1.90. The van der Waals surface area contributed by atoms with E-state index in [1.807, 2.05) is 0 Å². The second-order valence-corrected chi connectivity index (χ2v) is 24.6. The van der Waals surface area contributed by atoms with Crippen LogP contribution in [-0.2, 0) is 0 Å². The molecule has 4 aliphatic rings. The fraction of sp³-hybridized carbons (Fsp3) is 0. The molecule has 0 radical (unpaired) electrons. The van der Waals surface area contributed by atoms with E-state index >= 15 is 0 Å². The third kappa shape index (κ3) is 10.6. The van der Waals surface area contributed by atoms with Gasteiger partial charge in [0.25, 0.3) is 0 Å². The molecule has 0 saturated carbocycles. The van der Waals surface area contributed by atoms with E-state index in [1.54, 1.807) is 0 Å². The van der Waals surface area contributed by atoms with Crippen molar-refractivity contribution in [2.24, 2.45) is 0 Å². The number of hydrogen-bond donors (Lipinski definition) is 4. The maximum absolute atomic E-state index is 5.54. The first-order chi connectivity index (χ1) is 48.5. The zero-order valence-corrected chi connectivity index (χ0v) is 53.0. The third-order valence-electron chi connectivity index (χ3n) is 18.6. The lowest BCUT2D eigenvalue weighted by atomic mass is 10.0. The fourth-order valence-electron chi connectivity index (χ4n) is 14.1. The molecule has 0 aliphatic carbocycles. The standard InChI is InChI=1S/C90H58N8/c1-7-19-59(20-8-1)83-67-41-45-71(91-67)85(61-23-11-3-12-24-61)75-49-53-79(95-75)89(80-54-50-76(96-80)86(62-25-13-4-14-26-62)72-46-42-68(83)92-72)65-37-33-57(34-38-65)31-32-58-35-39-66(40-36-58)90-81-55-51-77(97-81)87(63-27-15-5-16-28-63)73-47-43-69(93-73)84(60-21-9-2-10-22-60)70-44-48-74(94-70)88(64-29-17-6-18-30-64)78-52-56-82(90)98-78/h1-30,33-56,91,93,96,98H. The van der Waals surface area contributed by atoms with Gasteiger partial charge in [0.05, 0.1) is 45.6 Å². The van der Waals surface area contributed by atoms with Gasteiger partial charge in [0, 0.05) is 99.8 Å². The predicted octanol–water partition coefficient (Wildman–Crippen LogP) is 22.4. The highest BCUT2D eigenvalue weighted by Crippen LogP contribution is 2.42. The highest BCUT2D eigenvalue weighted by Gasteiger charge is 2.22. The molecule has 18 rings (SSSR count). The van der Waals surface area contributed by atoms with Gasteiger partial charge in [0.2, 0.25) is 0 Å². The van der Waals surface area contributed by atoms with Crippen molar-refractivity contribution < 1.29 is 0 Å². The number of benzene rings is 8. The van der Waals surface area contributed by atoms with E-state index in [1.165, 1.54) is 0 Å². The largest absolute Gasteiger partial charge is 0.354 e. The van der Waals surface area contributed by atoms with Crippen LogP contribution in [0.25, 0.3) is 182 Å². The van der Waals surface area contributed by atoms with Crippen LogP contribution in [0.1, 0.15) is 56.7 Å². The number of nitrogens with one attached hydrogen (secondary N) is 4. The molecule has 4 N–H and O–H groups in total. The summed E-state index contributed by atoms with van der Waals surface area (Å²) in [5.74, 6) is 7.03. The van der Waals surface area contributed by atoms with Crippen LogP contribution in [-0.4, -0.2) is 39.9 Å². The van der Waals surface area contributed by atoms with Crippen LogP contribution in [0, 0.1) is 11.8 Å². The van der Waals surface area contributed by atoms with E-state index in [4.69, 9.17) is 19.9 Å². The van der Waals surface area contributed by atoms with Gasteiger partial charge in [-0.1, -0.05) is 218 Å². The number of H-pyrrole nitrogens is 4. The molecule has 8 nitrogen and oxygen atoms in total. The summed E-state index contributed by atoms with van der Waals surface area (Å²) in [6.07, 6.45) is 17.1. The van der Waals surface area contributed by atoms with Gasteiger partial charge in [-0.15, -0.1) is 0 Å². The molecule has 0 fully saturated rings. The Balaban J connectivity index is 0.764. The molecule has 0 unspecified atom stereocenters. The molecule has 10 heterocycles. The molecular weight excluding hydrogens is 1190 g/mol. The summed E-state index contributed by atoms with van der Waals surface area (Å²) in [6.45, 7) is 0. The Morgan fingerprint density at radius 2 is 0.316 bits per heavy atom. The molecule has 8 aromatic carbocycles. The van der Waals surface area contributed by atoms with Crippen molar-refractivity contribution >= 4 is 92.7 Å². The molecule has 8 heteroatoms. The van der Waals surface area contributed by atoms with Gasteiger partial charge in [-0.05, 0) is 166 Å². The second kappa shape index (κ2) is 24.4. The Labute approximate surface area is 565 Å². The van der Waals surface area contributed by atoms with Crippen molar-refractivity contribution in [1.29, 1.82) is 0 Å². The molecule has 98 heavy (non-hydrogen) atoms. The summed E-state index contributed by atoms with van der Waals surface area (Å²) in [5.41, 5.74) is 32.5. The summed E-state index contributed by atoms with van der Waals surface area (Å²) in [6, 6.07) is 97.5. The first-order valence-electron chi connectivity index (χ1n) is 32.9. The van der Waals surface area contributed by atoms with E-state index in [-0.39, 0.29) is 0 Å². The van der Waals surface area contributed by atoms with Crippen LogP contribution in [0.5, 0.6) is 0 Å². The van der Waals surface area contributed by atoms with Crippen molar-refractivity contribution in [3.63, 3.8) is 0 Å². The fourth-order valence-corrected chi connectivity index (χ4v) is 14.1. The van der Waals surface area contributed by atoms with E-state index in [0.717, 1.165) is 190 Å². The number of aromatic nitrogens is 8. The van der Waals surface area contributed by atoms with Crippen molar-refractivity contribution in [1.82, 2.24) is 39.9 Å². The molecule has 0 atom stereocenters. The zero-order valence-electron chi connectivity index (χ0n) is 53.0. The maximum atomic E-state index is 5.54. The average Bonchev–Trinajstić information content (AvgIpc) is 1.64. The number of rotatable bonds is 8. The molecular formula is C90H58N8. The number of aromatic amines is 4. The Bertz CT molecular complexity index is 5590. The second-order valence-electron chi connectivity index (χ2n) is 24.6. The summed E-state index contributed by atoms with van der Waals surface area (Å²) >= 11 is 0. The summed E-state index contributed by atoms with van der Waals surface area (Å²) in [5, 5.41) is 0. The highest BCUT2D eigenvalue weighted by atomic mass is 14.8. The maximum Gasteiger partial charge on any atom is 0.0737 e. The van der Waals surface area contributed by atoms with Gasteiger partial charge in [0.15, 0.2) is 0 Å². The number of nitrogens with zero attached hydrogens (tertiary/aromatic N) is 4. The summed E-state index contributed by atoms with van der Waals surface area (Å²) in [7, 11) is 0. The van der Waals surface area contributed by atoms with Crippen LogP contribution < -0.4 is 0 Å². The van der Waals surface area contributed by atoms with Crippen molar-refractivity contribution in [3.05, 3.63) is 336 Å². The van der Waals surface area contributed by atoms with Gasteiger partial charge in [-0.3, -0.25) is 0 Å². The van der Waals surface area contributed by atoms with Gasteiger partial charge >= 0.3 is 0 Å². The zero-order chi connectivity index (χ0) is 64.9. The quantitative estimate of drug-likeness (QED) is 0.113. The smallest absolute Gasteiger partial charge is 0.0737 e. The lowest BCUT2D eigenvalue weighted by molar-refractivity contribution is 1.31. The minimum absolute atomic E-state index is 0.837. The molecule has 6 aromatic heterocycles. The molecule has 14 aromatic rings. The average molecular weight is 1250 g/mol. The van der Waals surface area contributed by atoms with Crippen molar-refractivity contribution in [2.75, 3.05) is 0 Å². The first kappa shape index (κ1) is 57.2. The van der Waals surface area contributed by atoms with Crippen LogP contribution in [0.4, 0.5) is 0 Å². The third-order valence-corrected chi connectivity index (χ3v) is 18.6. The van der Waals surface area contributed by atoms with E-state index in [2.05, 4.69) is 359 Å². The van der Waals surface area contributed by atoms with Crippen molar-refractivity contribution in [2.45, 2.75) is 0 Å². The molecule has 16 bridgehead atoms. The van der Waals surface area contributed by atoms with E-state index in [9.17, 15) is 0 Å². The van der Waals surface area contributed by atoms with Crippen LogP contribution in [0.15, 0.2) is 279 Å². The Hall–Kier alpha value is -13.5. The van der Waals surface area contributed by atoms with Crippen molar-refractivity contribution in [3.8, 4) is 101 Å². The molecule has 0 amide bonds. The topological polar surface area (TPSA) is 115 Å². The summed E-state index contributed by atoms with van der Waals surface area (Å²) in [4.78, 5) is 37.5. The number of fused-ring (bicyclic) bond motifs is 16. The Morgan fingerprint density at radius 3 is 0.480 bits per heavy atom. The van der Waals surface area contributed by atoms with E-state index < -0.39 is 0 Å². The van der Waals surface area contributed by atoms with Crippen LogP contribution in [0.3, 0.4) is 0 Å². The van der Waals surface area contributed by atoms with Gasteiger partial charge in [0.1, 0.15) is 0 Å². The molecule has 0 saturated heterocycles. The Kier molecular flexibility index (Phi) is 14.3. The predicted molar refractivity (Wildman–Crippen MR) is 407 cm³/mol. The minimum atomic E-state index is 0.837. The Morgan fingerprint density at radius 1 is 0.163 bits per heavy atom. The monoisotopic (exact) mass is 1250 g/mol. The SMILES string of the molecule is C(#Cc1ccc(-c2c3nc(c(-c4ccccc4)c4ccc([nH]4)c(-c4ccccc4)c4nc(c(-c5ccccc5)c5ccc2[nH]5)C=C4)C=C3)cc1)c1ccc(-c2c3nc(c(-c4ccccc4)c4ccc([nH]4)c(-c4ccccc4)c4nc(c(-c5ccccc5)c5ccc2[nH]5)C=C4)C=C3)cc1. The van der Waals surface area contributed by atoms with Gasteiger partial charge < -0.3 is 19.9 Å². The minimum Gasteiger partial charge on any atom is -0.354 e.